The molecule has 3 rings (SSSR count). The second kappa shape index (κ2) is 8.45. The minimum absolute atomic E-state index is 0.0547. The number of aryl methyl sites for hydroxylation is 1. The number of hydrogen-bond donors (Lipinski definition) is 2. The third-order valence-corrected chi connectivity index (χ3v) is 6.24. The topological polar surface area (TPSA) is 41.5 Å². The van der Waals surface area contributed by atoms with Crippen molar-refractivity contribution in [3.63, 3.8) is 0 Å². The van der Waals surface area contributed by atoms with Crippen molar-refractivity contribution in [3.8, 4) is 5.75 Å². The van der Waals surface area contributed by atoms with Gasteiger partial charge in [-0.1, -0.05) is 55.0 Å². The Bertz CT molecular complexity index is 742. The molecule has 146 valence electrons. The number of rotatable bonds is 7. The van der Waals surface area contributed by atoms with Crippen LogP contribution in [0.3, 0.4) is 0 Å². The first-order valence-corrected chi connectivity index (χ1v) is 10.2. The molecule has 0 radical (unpaired) electrons. The molecule has 0 saturated carbocycles. The number of hydrogen-bond acceptors (Lipinski definition) is 3. The predicted octanol–water partition coefficient (Wildman–Crippen LogP) is 5.10. The first-order chi connectivity index (χ1) is 13.0. The molecule has 27 heavy (non-hydrogen) atoms. The van der Waals surface area contributed by atoms with Gasteiger partial charge >= 0.3 is 0 Å². The van der Waals surface area contributed by atoms with Crippen molar-refractivity contribution in [3.05, 3.63) is 65.2 Å². The molecule has 0 unspecified atom stereocenters. The Morgan fingerprint density at radius 2 is 1.85 bits per heavy atom. The van der Waals surface area contributed by atoms with Crippen LogP contribution in [0.25, 0.3) is 0 Å². The van der Waals surface area contributed by atoms with Crippen LogP contribution in [-0.2, 0) is 16.7 Å². The molecule has 2 atom stereocenters. The standard InChI is InChI=1S/C24H33NO2/c1-4-23(3)18-24(14-16-27-23,21-11-9-19(2)10-12-21)13-15-25-17-20-7-5-6-8-22(20)26/h5-12,25-26H,4,13-18H2,1-3H3/t23-,24-/m1/s1. The third kappa shape index (κ3) is 4.72. The Kier molecular flexibility index (Phi) is 6.23. The highest BCUT2D eigenvalue weighted by atomic mass is 16.5. The molecule has 1 saturated heterocycles. The smallest absolute Gasteiger partial charge is 0.120 e. The fraction of sp³-hybridized carbons (Fsp3) is 0.500. The molecule has 0 aromatic heterocycles. The van der Waals surface area contributed by atoms with Crippen molar-refractivity contribution in [2.75, 3.05) is 13.2 Å². The Hall–Kier alpha value is -1.84. The SMILES string of the molecule is CC[C@]1(C)C[C@](CCNCc2ccccc2O)(c2ccc(C)cc2)CCO1. The summed E-state index contributed by atoms with van der Waals surface area (Å²) in [6, 6.07) is 16.6. The maximum absolute atomic E-state index is 9.96. The summed E-state index contributed by atoms with van der Waals surface area (Å²) in [7, 11) is 0. The lowest BCUT2D eigenvalue weighted by Crippen LogP contribution is -2.46. The van der Waals surface area contributed by atoms with Gasteiger partial charge in [0.1, 0.15) is 5.75 Å². The summed E-state index contributed by atoms with van der Waals surface area (Å²) in [4.78, 5) is 0. The van der Waals surface area contributed by atoms with Crippen LogP contribution in [0.1, 0.15) is 56.2 Å². The highest BCUT2D eigenvalue weighted by Crippen LogP contribution is 2.45. The van der Waals surface area contributed by atoms with Gasteiger partial charge in [0, 0.05) is 24.1 Å². The quantitative estimate of drug-likeness (QED) is 0.669. The summed E-state index contributed by atoms with van der Waals surface area (Å²) in [5.74, 6) is 0.364. The molecular weight excluding hydrogens is 334 g/mol. The lowest BCUT2D eigenvalue weighted by Gasteiger charge is -2.47. The number of phenols is 1. The minimum Gasteiger partial charge on any atom is -0.508 e. The van der Waals surface area contributed by atoms with E-state index < -0.39 is 0 Å². The average Bonchev–Trinajstić information content (AvgIpc) is 2.67. The zero-order chi connectivity index (χ0) is 19.3. The molecular formula is C24H33NO2. The highest BCUT2D eigenvalue weighted by molar-refractivity contribution is 5.32. The van der Waals surface area contributed by atoms with Gasteiger partial charge in [-0.2, -0.15) is 0 Å². The van der Waals surface area contributed by atoms with E-state index in [9.17, 15) is 5.11 Å². The lowest BCUT2D eigenvalue weighted by atomic mass is 9.66. The van der Waals surface area contributed by atoms with Gasteiger partial charge in [-0.3, -0.25) is 0 Å². The van der Waals surface area contributed by atoms with Crippen LogP contribution in [0.4, 0.5) is 0 Å². The van der Waals surface area contributed by atoms with E-state index in [4.69, 9.17) is 4.74 Å². The Morgan fingerprint density at radius 3 is 2.56 bits per heavy atom. The number of para-hydroxylation sites is 1. The highest BCUT2D eigenvalue weighted by Gasteiger charge is 2.43. The molecule has 1 aliphatic rings. The van der Waals surface area contributed by atoms with Crippen LogP contribution in [0.2, 0.25) is 0 Å². The normalized spacial score (nSPS) is 25.4. The van der Waals surface area contributed by atoms with Crippen LogP contribution in [0.15, 0.2) is 48.5 Å². The van der Waals surface area contributed by atoms with Crippen molar-refractivity contribution < 1.29 is 9.84 Å². The molecule has 0 amide bonds. The maximum Gasteiger partial charge on any atom is 0.120 e. The molecule has 2 aromatic rings. The number of phenolic OH excluding ortho intramolecular Hbond substituents is 1. The monoisotopic (exact) mass is 367 g/mol. The van der Waals surface area contributed by atoms with Crippen LogP contribution < -0.4 is 5.32 Å². The van der Waals surface area contributed by atoms with Crippen LogP contribution in [0, 0.1) is 6.92 Å². The molecule has 2 N–H and O–H groups in total. The van der Waals surface area contributed by atoms with E-state index in [2.05, 4.69) is 50.4 Å². The number of ether oxygens (including phenoxy) is 1. The van der Waals surface area contributed by atoms with E-state index in [0.717, 1.165) is 44.4 Å². The molecule has 3 heteroatoms. The third-order valence-electron chi connectivity index (χ3n) is 6.24. The molecule has 0 bridgehead atoms. The van der Waals surface area contributed by atoms with Crippen molar-refractivity contribution in [2.45, 2.75) is 64.0 Å². The van der Waals surface area contributed by atoms with Crippen molar-refractivity contribution in [2.24, 2.45) is 0 Å². The van der Waals surface area contributed by atoms with E-state index in [1.807, 2.05) is 18.2 Å². The molecule has 3 nitrogen and oxygen atoms in total. The predicted molar refractivity (Wildman–Crippen MR) is 111 cm³/mol. The van der Waals surface area contributed by atoms with Crippen LogP contribution in [-0.4, -0.2) is 23.9 Å². The van der Waals surface area contributed by atoms with Gasteiger partial charge in [0.15, 0.2) is 0 Å². The zero-order valence-electron chi connectivity index (χ0n) is 16.9. The summed E-state index contributed by atoms with van der Waals surface area (Å²) in [6.07, 6.45) is 4.22. The van der Waals surface area contributed by atoms with Gasteiger partial charge in [-0.25, -0.2) is 0 Å². The van der Waals surface area contributed by atoms with Crippen LogP contribution >= 0.6 is 0 Å². The van der Waals surface area contributed by atoms with Gasteiger partial charge in [0.2, 0.25) is 0 Å². The molecule has 0 aliphatic carbocycles. The van der Waals surface area contributed by atoms with Gasteiger partial charge in [-0.05, 0) is 57.7 Å². The number of nitrogens with one attached hydrogen (secondary N) is 1. The summed E-state index contributed by atoms with van der Waals surface area (Å²) < 4.78 is 6.15. The Labute approximate surface area is 163 Å². The van der Waals surface area contributed by atoms with Crippen molar-refractivity contribution >= 4 is 0 Å². The first-order valence-electron chi connectivity index (χ1n) is 10.2. The van der Waals surface area contributed by atoms with Gasteiger partial charge in [0.25, 0.3) is 0 Å². The Morgan fingerprint density at radius 1 is 1.11 bits per heavy atom. The van der Waals surface area contributed by atoms with Gasteiger partial charge in [0.05, 0.1) is 5.60 Å². The minimum atomic E-state index is -0.0547. The number of benzene rings is 2. The maximum atomic E-state index is 9.96. The number of aromatic hydroxyl groups is 1. The van der Waals surface area contributed by atoms with Gasteiger partial charge in [-0.15, -0.1) is 0 Å². The Balaban J connectivity index is 1.72. The molecule has 2 aromatic carbocycles. The summed E-state index contributed by atoms with van der Waals surface area (Å²) in [5.41, 5.74) is 3.77. The van der Waals surface area contributed by atoms with E-state index in [1.165, 1.54) is 11.1 Å². The lowest BCUT2D eigenvalue weighted by molar-refractivity contribution is -0.0979. The molecule has 1 aliphatic heterocycles. The van der Waals surface area contributed by atoms with Crippen molar-refractivity contribution in [1.29, 1.82) is 0 Å². The molecule has 1 fully saturated rings. The second-order valence-corrected chi connectivity index (χ2v) is 8.28. The molecule has 0 spiro atoms. The molecule has 1 heterocycles. The summed E-state index contributed by atoms with van der Waals surface area (Å²) >= 11 is 0. The first kappa shape index (κ1) is 19.9. The van der Waals surface area contributed by atoms with Gasteiger partial charge < -0.3 is 15.2 Å². The average molecular weight is 368 g/mol. The van der Waals surface area contributed by atoms with E-state index in [0.29, 0.717) is 12.3 Å². The van der Waals surface area contributed by atoms with E-state index in [1.54, 1.807) is 6.07 Å². The zero-order valence-corrected chi connectivity index (χ0v) is 16.9. The van der Waals surface area contributed by atoms with E-state index in [-0.39, 0.29) is 11.0 Å². The fourth-order valence-corrected chi connectivity index (χ4v) is 4.30. The summed E-state index contributed by atoms with van der Waals surface area (Å²) in [6.45, 7) is 9.05. The fourth-order valence-electron chi connectivity index (χ4n) is 4.30. The van der Waals surface area contributed by atoms with Crippen molar-refractivity contribution in [1.82, 2.24) is 5.32 Å². The van der Waals surface area contributed by atoms with Crippen LogP contribution in [0.5, 0.6) is 5.75 Å². The largest absolute Gasteiger partial charge is 0.508 e. The second-order valence-electron chi connectivity index (χ2n) is 8.28. The summed E-state index contributed by atoms with van der Waals surface area (Å²) in [5, 5.41) is 13.5. The van der Waals surface area contributed by atoms with E-state index >= 15 is 0 Å².